The van der Waals surface area contributed by atoms with Crippen molar-refractivity contribution in [3.63, 3.8) is 0 Å². The van der Waals surface area contributed by atoms with Crippen LogP contribution in [0, 0.1) is 11.3 Å². The van der Waals surface area contributed by atoms with Crippen LogP contribution in [0.3, 0.4) is 0 Å². The van der Waals surface area contributed by atoms with Gasteiger partial charge < -0.3 is 9.80 Å². The summed E-state index contributed by atoms with van der Waals surface area (Å²) in [4.78, 5) is 9.72. The molecule has 0 bridgehead atoms. The van der Waals surface area contributed by atoms with Gasteiger partial charge >= 0.3 is 0 Å². The molecule has 3 heterocycles. The molecule has 2 saturated heterocycles. The van der Waals surface area contributed by atoms with Gasteiger partial charge in [0.25, 0.3) is 0 Å². The molecule has 1 aromatic heterocycles. The lowest BCUT2D eigenvalue weighted by molar-refractivity contribution is 0.180. The second-order valence-electron chi connectivity index (χ2n) is 6.96. The summed E-state index contributed by atoms with van der Waals surface area (Å²) < 4.78 is 0. The molecule has 0 spiro atoms. The molecular weight excluding hydrogens is 284 g/mol. The van der Waals surface area contributed by atoms with Crippen molar-refractivity contribution in [3.8, 4) is 6.07 Å². The van der Waals surface area contributed by atoms with Crippen molar-refractivity contribution in [2.75, 3.05) is 39.3 Å². The van der Waals surface area contributed by atoms with Crippen LogP contribution < -0.4 is 0 Å². The van der Waals surface area contributed by atoms with Crippen molar-refractivity contribution in [3.05, 3.63) is 29.6 Å². The van der Waals surface area contributed by atoms with Crippen LogP contribution in [0.5, 0.6) is 0 Å². The van der Waals surface area contributed by atoms with E-state index in [0.29, 0.717) is 11.5 Å². The van der Waals surface area contributed by atoms with Crippen molar-refractivity contribution in [2.24, 2.45) is 0 Å². The quantitative estimate of drug-likeness (QED) is 0.838. The Morgan fingerprint density at radius 1 is 1.00 bits per heavy atom. The highest BCUT2D eigenvalue weighted by atomic mass is 15.2. The topological polar surface area (TPSA) is 43.2 Å². The van der Waals surface area contributed by atoms with E-state index in [1.165, 1.54) is 77.8 Å². The molecule has 2 aliphatic rings. The number of piperidine rings is 2. The van der Waals surface area contributed by atoms with Crippen molar-refractivity contribution >= 4 is 0 Å². The van der Waals surface area contributed by atoms with E-state index in [4.69, 9.17) is 5.26 Å². The van der Waals surface area contributed by atoms with Gasteiger partial charge in [0.1, 0.15) is 6.07 Å². The smallest absolute Gasteiger partial charge is 0.101 e. The Balaban J connectivity index is 1.37. The third-order valence-corrected chi connectivity index (χ3v) is 5.32. The van der Waals surface area contributed by atoms with E-state index in [0.717, 1.165) is 5.69 Å². The molecule has 0 aliphatic carbocycles. The fourth-order valence-corrected chi connectivity index (χ4v) is 3.87. The van der Waals surface area contributed by atoms with Crippen molar-refractivity contribution in [1.29, 1.82) is 5.26 Å². The van der Waals surface area contributed by atoms with E-state index >= 15 is 0 Å². The minimum atomic E-state index is 0.570. The Morgan fingerprint density at radius 2 is 1.70 bits per heavy atom. The van der Waals surface area contributed by atoms with E-state index < -0.39 is 0 Å². The molecule has 0 N–H and O–H groups in total. The minimum Gasteiger partial charge on any atom is -0.303 e. The minimum absolute atomic E-state index is 0.570. The first-order valence-corrected chi connectivity index (χ1v) is 9.16. The Bertz CT molecular complexity index is 505. The predicted octanol–water partition coefficient (Wildman–Crippen LogP) is 3.01. The number of nitrogens with zero attached hydrogens (tertiary/aromatic N) is 4. The number of hydrogen-bond acceptors (Lipinski definition) is 4. The number of hydrogen-bond donors (Lipinski definition) is 0. The first kappa shape index (κ1) is 16.4. The van der Waals surface area contributed by atoms with Crippen molar-refractivity contribution in [2.45, 2.75) is 44.4 Å². The number of pyridine rings is 1. The van der Waals surface area contributed by atoms with Crippen LogP contribution in [0.2, 0.25) is 0 Å². The summed E-state index contributed by atoms with van der Waals surface area (Å²) in [5.74, 6) is 0.570. The zero-order chi connectivity index (χ0) is 15.9. The first-order chi connectivity index (χ1) is 11.3. The fourth-order valence-electron chi connectivity index (χ4n) is 3.87. The van der Waals surface area contributed by atoms with Crippen LogP contribution in [0.1, 0.15) is 55.7 Å². The van der Waals surface area contributed by atoms with Gasteiger partial charge in [0.05, 0.1) is 5.56 Å². The zero-order valence-corrected chi connectivity index (χ0v) is 14.1. The Labute approximate surface area is 140 Å². The molecule has 0 amide bonds. The molecule has 0 unspecified atom stereocenters. The summed E-state index contributed by atoms with van der Waals surface area (Å²) in [7, 11) is 0. The summed E-state index contributed by atoms with van der Waals surface area (Å²) in [5, 5.41) is 8.85. The number of rotatable bonds is 5. The molecule has 124 valence electrons. The fraction of sp³-hybridized carbons (Fsp3) is 0.684. The molecule has 2 fully saturated rings. The van der Waals surface area contributed by atoms with E-state index in [1.807, 2.05) is 12.1 Å². The third kappa shape index (κ3) is 4.76. The predicted molar refractivity (Wildman–Crippen MR) is 92.3 cm³/mol. The molecule has 4 heteroatoms. The molecule has 0 radical (unpaired) electrons. The summed E-state index contributed by atoms with van der Waals surface area (Å²) >= 11 is 0. The highest BCUT2D eigenvalue weighted by Crippen LogP contribution is 2.26. The molecule has 0 aromatic carbocycles. The van der Waals surface area contributed by atoms with Gasteiger partial charge in [-0.2, -0.15) is 5.26 Å². The van der Waals surface area contributed by atoms with Crippen molar-refractivity contribution in [1.82, 2.24) is 14.8 Å². The van der Waals surface area contributed by atoms with Gasteiger partial charge in [-0.3, -0.25) is 4.98 Å². The SMILES string of the molecule is N#Cc1ccc(C2CCN(CCCN3CCCCC3)CC2)nc1. The Hall–Kier alpha value is -1.44. The highest BCUT2D eigenvalue weighted by molar-refractivity contribution is 5.27. The molecule has 2 aliphatic heterocycles. The normalized spacial score (nSPS) is 21.2. The molecule has 0 atom stereocenters. The number of aromatic nitrogens is 1. The van der Waals surface area contributed by atoms with Crippen molar-refractivity contribution < 1.29 is 0 Å². The summed E-state index contributed by atoms with van der Waals surface area (Å²) in [6.07, 6.45) is 9.62. The number of likely N-dealkylation sites (tertiary alicyclic amines) is 2. The Kier molecular flexibility index (Phi) is 6.01. The van der Waals surface area contributed by atoms with E-state index in [-0.39, 0.29) is 0 Å². The maximum absolute atomic E-state index is 8.85. The molecule has 0 saturated carbocycles. The maximum Gasteiger partial charge on any atom is 0.101 e. The lowest BCUT2D eigenvalue weighted by atomic mass is 9.93. The van der Waals surface area contributed by atoms with Gasteiger partial charge in [-0.25, -0.2) is 0 Å². The van der Waals surface area contributed by atoms with E-state index in [1.54, 1.807) is 6.20 Å². The molecule has 4 nitrogen and oxygen atoms in total. The lowest BCUT2D eigenvalue weighted by Crippen LogP contribution is -2.36. The summed E-state index contributed by atoms with van der Waals surface area (Å²) in [5.41, 5.74) is 1.82. The standard InChI is InChI=1S/C19H28N4/c20-15-17-5-6-19(21-16-17)18-7-13-23(14-8-18)12-4-11-22-9-2-1-3-10-22/h5-6,16,18H,1-4,7-14H2. The van der Waals surface area contributed by atoms with Gasteiger partial charge in [-0.15, -0.1) is 0 Å². The van der Waals surface area contributed by atoms with Gasteiger partial charge in [0.15, 0.2) is 0 Å². The van der Waals surface area contributed by atoms with Crippen LogP contribution in [-0.4, -0.2) is 54.1 Å². The van der Waals surface area contributed by atoms with Crippen LogP contribution in [0.4, 0.5) is 0 Å². The Morgan fingerprint density at radius 3 is 2.30 bits per heavy atom. The summed E-state index contributed by atoms with van der Waals surface area (Å²) in [6.45, 7) is 7.51. The van der Waals surface area contributed by atoms with Crippen LogP contribution >= 0.6 is 0 Å². The van der Waals surface area contributed by atoms with Gasteiger partial charge in [0.2, 0.25) is 0 Å². The average Bonchev–Trinajstić information content (AvgIpc) is 2.63. The second-order valence-corrected chi connectivity index (χ2v) is 6.96. The average molecular weight is 312 g/mol. The van der Waals surface area contributed by atoms with E-state index in [9.17, 15) is 0 Å². The van der Waals surface area contributed by atoms with E-state index in [2.05, 4.69) is 20.9 Å². The lowest BCUT2D eigenvalue weighted by Gasteiger charge is -2.33. The molecule has 3 rings (SSSR count). The van der Waals surface area contributed by atoms with Gasteiger partial charge in [-0.1, -0.05) is 6.42 Å². The van der Waals surface area contributed by atoms with Crippen LogP contribution in [-0.2, 0) is 0 Å². The largest absolute Gasteiger partial charge is 0.303 e. The van der Waals surface area contributed by atoms with Gasteiger partial charge in [-0.05, 0) is 83.5 Å². The van der Waals surface area contributed by atoms with Crippen LogP contribution in [0.25, 0.3) is 0 Å². The maximum atomic E-state index is 8.85. The molecular formula is C19H28N4. The summed E-state index contributed by atoms with van der Waals surface area (Å²) in [6, 6.07) is 6.07. The monoisotopic (exact) mass is 312 g/mol. The zero-order valence-electron chi connectivity index (χ0n) is 14.1. The third-order valence-electron chi connectivity index (χ3n) is 5.32. The highest BCUT2D eigenvalue weighted by Gasteiger charge is 2.21. The molecule has 1 aromatic rings. The molecule has 23 heavy (non-hydrogen) atoms. The number of nitriles is 1. The van der Waals surface area contributed by atoms with Crippen LogP contribution in [0.15, 0.2) is 18.3 Å². The van der Waals surface area contributed by atoms with Gasteiger partial charge in [0, 0.05) is 17.8 Å². The second kappa shape index (κ2) is 8.42. The first-order valence-electron chi connectivity index (χ1n) is 9.16.